The van der Waals surface area contributed by atoms with E-state index in [4.69, 9.17) is 10.5 Å². The molecular formula is C17H20F2IN3O2. The third-order valence-electron chi connectivity index (χ3n) is 3.17. The molecule has 3 N–H and O–H groups in total. The second kappa shape index (κ2) is 10.7. The number of anilines is 1. The van der Waals surface area contributed by atoms with Crippen molar-refractivity contribution in [1.82, 2.24) is 0 Å². The molecular weight excluding hydrogens is 443 g/mol. The predicted octanol–water partition coefficient (Wildman–Crippen LogP) is 3.88. The van der Waals surface area contributed by atoms with Crippen LogP contribution >= 0.6 is 24.0 Å². The van der Waals surface area contributed by atoms with Gasteiger partial charge in [-0.15, -0.1) is 24.0 Å². The van der Waals surface area contributed by atoms with Gasteiger partial charge in [-0.1, -0.05) is 24.3 Å². The van der Waals surface area contributed by atoms with Gasteiger partial charge in [0.15, 0.2) is 17.5 Å². The van der Waals surface area contributed by atoms with Crippen LogP contribution in [0.3, 0.4) is 0 Å². The Labute approximate surface area is 162 Å². The summed E-state index contributed by atoms with van der Waals surface area (Å²) >= 11 is 0. The van der Waals surface area contributed by atoms with Gasteiger partial charge in [0.1, 0.15) is 0 Å². The fraction of sp³-hybridized carbons (Fsp3) is 0.235. The molecule has 2 aromatic carbocycles. The van der Waals surface area contributed by atoms with Gasteiger partial charge in [-0.3, -0.25) is 4.99 Å². The van der Waals surface area contributed by atoms with E-state index in [9.17, 15) is 8.78 Å². The molecule has 0 radical (unpaired) electrons. The molecule has 136 valence electrons. The first-order chi connectivity index (χ1) is 11.6. The molecule has 0 atom stereocenters. The van der Waals surface area contributed by atoms with E-state index >= 15 is 0 Å². The van der Waals surface area contributed by atoms with Crippen molar-refractivity contribution in [2.45, 2.75) is 13.0 Å². The van der Waals surface area contributed by atoms with Crippen molar-refractivity contribution in [2.75, 3.05) is 19.0 Å². The maximum atomic E-state index is 12.4. The molecule has 0 amide bonds. The molecule has 0 spiro atoms. The van der Waals surface area contributed by atoms with Crippen LogP contribution in [0, 0.1) is 0 Å². The summed E-state index contributed by atoms with van der Waals surface area (Å²) in [5.41, 5.74) is 7.44. The van der Waals surface area contributed by atoms with Gasteiger partial charge in [0.25, 0.3) is 0 Å². The summed E-state index contributed by atoms with van der Waals surface area (Å²) in [5, 5.41) is 2.97. The van der Waals surface area contributed by atoms with E-state index in [1.54, 1.807) is 12.1 Å². The molecule has 0 aromatic heterocycles. The van der Waals surface area contributed by atoms with Crippen LogP contribution in [0.15, 0.2) is 53.5 Å². The van der Waals surface area contributed by atoms with Crippen LogP contribution in [-0.2, 0) is 6.42 Å². The van der Waals surface area contributed by atoms with Gasteiger partial charge in [0.05, 0.1) is 7.11 Å². The number of nitrogens with one attached hydrogen (secondary N) is 1. The average Bonchev–Trinajstić information content (AvgIpc) is 2.55. The Bertz CT molecular complexity index is 685. The fourth-order valence-electron chi connectivity index (χ4n) is 2.08. The Hall–Kier alpha value is -2.10. The van der Waals surface area contributed by atoms with Gasteiger partial charge < -0.3 is 20.5 Å². The Morgan fingerprint density at radius 2 is 1.88 bits per heavy atom. The molecule has 0 saturated heterocycles. The number of guanidine groups is 1. The quantitative estimate of drug-likeness (QED) is 0.372. The molecule has 0 fully saturated rings. The number of halogens is 3. The molecule has 0 saturated carbocycles. The Morgan fingerprint density at radius 1 is 1.16 bits per heavy atom. The minimum Gasteiger partial charge on any atom is -0.493 e. The molecule has 5 nitrogen and oxygen atoms in total. The van der Waals surface area contributed by atoms with Crippen molar-refractivity contribution in [3.8, 4) is 11.5 Å². The zero-order valence-electron chi connectivity index (χ0n) is 13.6. The fourth-order valence-corrected chi connectivity index (χ4v) is 2.08. The normalized spacial score (nSPS) is 11.0. The van der Waals surface area contributed by atoms with Gasteiger partial charge in [-0.2, -0.15) is 8.78 Å². The van der Waals surface area contributed by atoms with Crippen molar-refractivity contribution in [2.24, 2.45) is 10.7 Å². The van der Waals surface area contributed by atoms with Crippen molar-refractivity contribution >= 4 is 35.6 Å². The van der Waals surface area contributed by atoms with Crippen LogP contribution in [0.2, 0.25) is 0 Å². The number of aliphatic imine (C=N–C) groups is 1. The summed E-state index contributed by atoms with van der Waals surface area (Å²) < 4.78 is 34.3. The molecule has 0 aliphatic rings. The van der Waals surface area contributed by atoms with Gasteiger partial charge in [0.2, 0.25) is 0 Å². The van der Waals surface area contributed by atoms with Crippen molar-refractivity contribution < 1.29 is 18.3 Å². The van der Waals surface area contributed by atoms with Crippen LogP contribution in [0.1, 0.15) is 5.56 Å². The molecule has 0 aliphatic heterocycles. The lowest BCUT2D eigenvalue weighted by Gasteiger charge is -2.11. The van der Waals surface area contributed by atoms with Gasteiger partial charge in [-0.25, -0.2) is 0 Å². The number of alkyl halides is 2. The highest BCUT2D eigenvalue weighted by atomic mass is 127. The summed E-state index contributed by atoms with van der Waals surface area (Å²) in [4.78, 5) is 4.21. The highest BCUT2D eigenvalue weighted by Gasteiger charge is 2.11. The summed E-state index contributed by atoms with van der Waals surface area (Å²) in [6.45, 7) is -2.50. The van der Waals surface area contributed by atoms with E-state index in [2.05, 4.69) is 15.0 Å². The lowest BCUT2D eigenvalue weighted by molar-refractivity contribution is -0.0512. The van der Waals surface area contributed by atoms with Crippen LogP contribution in [0.5, 0.6) is 11.5 Å². The highest BCUT2D eigenvalue weighted by molar-refractivity contribution is 14.0. The van der Waals surface area contributed by atoms with Crippen LogP contribution in [-0.4, -0.2) is 26.2 Å². The van der Waals surface area contributed by atoms with Gasteiger partial charge in [0, 0.05) is 12.2 Å². The van der Waals surface area contributed by atoms with Crippen molar-refractivity contribution in [1.29, 1.82) is 0 Å². The number of methoxy groups -OCH3 is 1. The smallest absolute Gasteiger partial charge is 0.387 e. The Balaban J connectivity index is 0.00000312. The number of hydrogen-bond acceptors (Lipinski definition) is 3. The van der Waals surface area contributed by atoms with Crippen molar-refractivity contribution in [3.05, 3.63) is 54.1 Å². The highest BCUT2D eigenvalue weighted by Crippen LogP contribution is 2.29. The molecule has 0 aliphatic carbocycles. The monoisotopic (exact) mass is 463 g/mol. The maximum absolute atomic E-state index is 12.4. The van der Waals surface area contributed by atoms with Crippen LogP contribution in [0.4, 0.5) is 14.5 Å². The first kappa shape index (κ1) is 20.9. The third-order valence-corrected chi connectivity index (χ3v) is 3.17. The number of para-hydroxylation sites is 1. The summed E-state index contributed by atoms with van der Waals surface area (Å²) in [6, 6.07) is 14.3. The molecule has 25 heavy (non-hydrogen) atoms. The standard InChI is InChI=1S/C17H19F2N3O2.HI/c1-23-14-8-7-12(11-15(14)24-16(18)19)9-10-21-17(20)22-13-5-3-2-4-6-13;/h2-8,11,16H,9-10H2,1H3,(H3,20,21,22);1H. The SMILES string of the molecule is COc1ccc(CCN=C(N)Nc2ccccc2)cc1OC(F)F.I. The number of nitrogens with two attached hydrogens (primary N) is 1. The number of hydrogen-bond donors (Lipinski definition) is 2. The van der Waals surface area contributed by atoms with E-state index in [1.807, 2.05) is 30.3 Å². The molecule has 2 aromatic rings. The zero-order chi connectivity index (χ0) is 17.4. The Kier molecular flexibility index (Phi) is 8.96. The summed E-state index contributed by atoms with van der Waals surface area (Å²) in [7, 11) is 1.40. The van der Waals surface area contributed by atoms with Crippen LogP contribution in [0.25, 0.3) is 0 Å². The van der Waals surface area contributed by atoms with Gasteiger partial charge >= 0.3 is 6.61 Å². The Morgan fingerprint density at radius 3 is 2.52 bits per heavy atom. The predicted molar refractivity (Wildman–Crippen MR) is 105 cm³/mol. The second-order valence-corrected chi connectivity index (χ2v) is 4.87. The lowest BCUT2D eigenvalue weighted by Crippen LogP contribution is -2.23. The second-order valence-electron chi connectivity index (χ2n) is 4.87. The van der Waals surface area contributed by atoms with Crippen molar-refractivity contribution in [3.63, 3.8) is 0 Å². The first-order valence-electron chi connectivity index (χ1n) is 7.32. The van der Waals surface area contributed by atoms with E-state index in [1.165, 1.54) is 13.2 Å². The maximum Gasteiger partial charge on any atom is 0.387 e. The van der Waals surface area contributed by atoms with E-state index in [0.717, 1.165) is 11.3 Å². The largest absolute Gasteiger partial charge is 0.493 e. The van der Waals surface area contributed by atoms with E-state index in [0.29, 0.717) is 18.9 Å². The van der Waals surface area contributed by atoms with E-state index < -0.39 is 6.61 Å². The number of benzene rings is 2. The van der Waals surface area contributed by atoms with E-state index in [-0.39, 0.29) is 35.5 Å². The number of ether oxygens (including phenoxy) is 2. The third kappa shape index (κ3) is 7.12. The number of rotatable bonds is 7. The molecule has 0 bridgehead atoms. The number of nitrogens with zero attached hydrogens (tertiary/aromatic N) is 1. The summed E-state index contributed by atoms with van der Waals surface area (Å²) in [5.74, 6) is 0.552. The first-order valence-corrected chi connectivity index (χ1v) is 7.32. The van der Waals surface area contributed by atoms with Gasteiger partial charge in [-0.05, 0) is 36.2 Å². The summed E-state index contributed by atoms with van der Waals surface area (Å²) in [6.07, 6.45) is 0.529. The minimum absolute atomic E-state index is 0. The molecule has 8 heteroatoms. The lowest BCUT2D eigenvalue weighted by atomic mass is 10.1. The van der Waals surface area contributed by atoms with Crippen LogP contribution < -0.4 is 20.5 Å². The molecule has 0 heterocycles. The minimum atomic E-state index is -2.90. The topological polar surface area (TPSA) is 68.9 Å². The zero-order valence-corrected chi connectivity index (χ0v) is 15.9. The molecule has 2 rings (SSSR count). The molecule has 0 unspecified atom stereocenters. The average molecular weight is 463 g/mol.